The number of pyridine rings is 1. The summed E-state index contributed by atoms with van der Waals surface area (Å²) in [5.74, 6) is 1.29. The number of fused-ring (bicyclic) bond motifs is 1. The molecule has 1 saturated carbocycles. The van der Waals surface area contributed by atoms with Crippen LogP contribution < -0.4 is 10.3 Å². The monoisotopic (exact) mass is 353 g/mol. The van der Waals surface area contributed by atoms with Crippen molar-refractivity contribution in [2.45, 2.75) is 37.7 Å². The molecule has 0 bridgehead atoms. The zero-order valence-electron chi connectivity index (χ0n) is 13.9. The molecular weight excluding hydrogens is 334 g/mol. The minimum Gasteiger partial charge on any atom is -0.489 e. The zero-order valence-corrected chi connectivity index (χ0v) is 14.6. The third-order valence-corrected chi connectivity index (χ3v) is 5.36. The quantitative estimate of drug-likeness (QED) is 0.695. The van der Waals surface area contributed by atoms with Crippen molar-refractivity contribution in [1.82, 2.24) is 4.98 Å². The van der Waals surface area contributed by atoms with E-state index in [2.05, 4.69) is 35.3 Å². The summed E-state index contributed by atoms with van der Waals surface area (Å²) in [5.41, 5.74) is 1.29. The molecule has 1 fully saturated rings. The molecule has 1 aliphatic carbocycles. The lowest BCUT2D eigenvalue weighted by Gasteiger charge is -2.29. The molecule has 1 aliphatic rings. The topological polar surface area (TPSA) is 42.1 Å². The summed E-state index contributed by atoms with van der Waals surface area (Å²) >= 11 is 6.34. The summed E-state index contributed by atoms with van der Waals surface area (Å²) in [6, 6.07) is 16.1. The zero-order chi connectivity index (χ0) is 17.2. The van der Waals surface area contributed by atoms with E-state index in [-0.39, 0.29) is 11.7 Å². The maximum Gasteiger partial charge on any atom is 0.255 e. The molecule has 0 atom stereocenters. The number of aromatic amines is 1. The molecule has 0 aliphatic heterocycles. The number of benzene rings is 2. The Morgan fingerprint density at radius 3 is 2.52 bits per heavy atom. The molecule has 1 heterocycles. The molecule has 0 radical (unpaired) electrons. The van der Waals surface area contributed by atoms with Gasteiger partial charge in [-0.15, -0.1) is 0 Å². The van der Waals surface area contributed by atoms with Gasteiger partial charge in [-0.1, -0.05) is 41.9 Å². The molecule has 0 saturated heterocycles. The van der Waals surface area contributed by atoms with Gasteiger partial charge in [0.25, 0.3) is 5.56 Å². The highest BCUT2D eigenvalue weighted by Gasteiger charge is 2.24. The smallest absolute Gasteiger partial charge is 0.255 e. The van der Waals surface area contributed by atoms with E-state index in [1.807, 2.05) is 12.1 Å². The Labute approximate surface area is 151 Å². The van der Waals surface area contributed by atoms with Crippen LogP contribution in [0.3, 0.4) is 0 Å². The van der Waals surface area contributed by atoms with Crippen LogP contribution >= 0.6 is 11.6 Å². The van der Waals surface area contributed by atoms with E-state index in [1.165, 1.54) is 5.56 Å². The first-order valence-corrected chi connectivity index (χ1v) is 9.11. The van der Waals surface area contributed by atoms with E-state index < -0.39 is 0 Å². The molecule has 3 nitrogen and oxygen atoms in total. The molecule has 2 aromatic carbocycles. The highest BCUT2D eigenvalue weighted by Crippen LogP contribution is 2.36. The fraction of sp³-hybridized carbons (Fsp3) is 0.286. The second-order valence-corrected chi connectivity index (χ2v) is 7.09. The van der Waals surface area contributed by atoms with Crippen molar-refractivity contribution in [3.63, 3.8) is 0 Å². The predicted octanol–water partition coefficient (Wildman–Crippen LogP) is 5.29. The summed E-state index contributed by atoms with van der Waals surface area (Å²) in [7, 11) is 0. The average molecular weight is 354 g/mol. The van der Waals surface area contributed by atoms with Crippen LogP contribution in [0.5, 0.6) is 5.75 Å². The SMILES string of the molecule is O=c1[nH]ccc2cc(OC3CCC(c4ccccc4)CC3)c(Cl)cc12. The van der Waals surface area contributed by atoms with Gasteiger partial charge in [0.05, 0.1) is 11.1 Å². The van der Waals surface area contributed by atoms with Crippen LogP contribution in [0.4, 0.5) is 0 Å². The summed E-state index contributed by atoms with van der Waals surface area (Å²) in [5, 5.41) is 1.93. The molecule has 3 aromatic rings. The van der Waals surface area contributed by atoms with Crippen LogP contribution in [0.1, 0.15) is 37.2 Å². The first-order chi connectivity index (χ1) is 12.2. The first-order valence-electron chi connectivity index (χ1n) is 8.73. The second kappa shape index (κ2) is 6.93. The molecule has 0 spiro atoms. The fourth-order valence-electron chi connectivity index (χ4n) is 3.70. The van der Waals surface area contributed by atoms with Crippen LogP contribution in [-0.2, 0) is 0 Å². The molecule has 1 N–H and O–H groups in total. The predicted molar refractivity (Wildman–Crippen MR) is 102 cm³/mol. The molecule has 1 aromatic heterocycles. The third kappa shape index (κ3) is 3.42. The highest BCUT2D eigenvalue weighted by molar-refractivity contribution is 6.32. The molecule has 4 heteroatoms. The van der Waals surface area contributed by atoms with Crippen molar-refractivity contribution < 1.29 is 4.74 Å². The highest BCUT2D eigenvalue weighted by atomic mass is 35.5. The van der Waals surface area contributed by atoms with Gasteiger partial charge in [-0.05, 0) is 60.7 Å². The largest absolute Gasteiger partial charge is 0.489 e. The summed E-state index contributed by atoms with van der Waals surface area (Å²) < 4.78 is 6.17. The van der Waals surface area contributed by atoms with Gasteiger partial charge in [0.1, 0.15) is 5.75 Å². The molecule has 0 amide bonds. The van der Waals surface area contributed by atoms with E-state index in [0.29, 0.717) is 22.1 Å². The van der Waals surface area contributed by atoms with E-state index in [4.69, 9.17) is 16.3 Å². The van der Waals surface area contributed by atoms with Crippen molar-refractivity contribution in [3.8, 4) is 5.75 Å². The molecule has 4 rings (SSSR count). The lowest BCUT2D eigenvalue weighted by atomic mass is 9.83. The van der Waals surface area contributed by atoms with E-state index in [0.717, 1.165) is 31.1 Å². The first kappa shape index (κ1) is 16.2. The van der Waals surface area contributed by atoms with Gasteiger partial charge in [-0.3, -0.25) is 4.79 Å². The van der Waals surface area contributed by atoms with E-state index in [9.17, 15) is 4.79 Å². The number of aromatic nitrogens is 1. The average Bonchev–Trinajstić information content (AvgIpc) is 2.65. The van der Waals surface area contributed by atoms with Crippen LogP contribution in [0, 0.1) is 0 Å². The van der Waals surface area contributed by atoms with Crippen molar-refractivity contribution >= 4 is 22.4 Å². The molecule has 128 valence electrons. The Kier molecular flexibility index (Phi) is 4.50. The molecule has 25 heavy (non-hydrogen) atoms. The van der Waals surface area contributed by atoms with Crippen molar-refractivity contribution in [1.29, 1.82) is 0 Å². The van der Waals surface area contributed by atoms with Crippen LogP contribution in [0.2, 0.25) is 5.02 Å². The Balaban J connectivity index is 1.48. The minimum atomic E-state index is -0.130. The number of nitrogens with one attached hydrogen (secondary N) is 1. The third-order valence-electron chi connectivity index (χ3n) is 5.06. The van der Waals surface area contributed by atoms with Crippen LogP contribution in [0.25, 0.3) is 10.8 Å². The van der Waals surface area contributed by atoms with Gasteiger partial charge < -0.3 is 9.72 Å². The molecular formula is C21H20ClNO2. The van der Waals surface area contributed by atoms with Gasteiger partial charge >= 0.3 is 0 Å². The van der Waals surface area contributed by atoms with Gasteiger partial charge in [-0.2, -0.15) is 0 Å². The van der Waals surface area contributed by atoms with Crippen molar-refractivity contribution in [3.05, 3.63) is 75.7 Å². The number of hydrogen-bond acceptors (Lipinski definition) is 2. The maximum absolute atomic E-state index is 11.8. The second-order valence-electron chi connectivity index (χ2n) is 6.68. The van der Waals surface area contributed by atoms with Gasteiger partial charge in [0.15, 0.2) is 0 Å². The summed E-state index contributed by atoms with van der Waals surface area (Å²) in [6.07, 6.45) is 6.11. The fourth-order valence-corrected chi connectivity index (χ4v) is 3.91. The standard InChI is InChI=1S/C21H20ClNO2/c22-19-13-18-16(10-11-23-21(18)24)12-20(19)25-17-8-6-15(7-9-17)14-4-2-1-3-5-14/h1-5,10-13,15,17H,6-9H2,(H,23,24). The lowest BCUT2D eigenvalue weighted by Crippen LogP contribution is -2.23. The number of rotatable bonds is 3. The van der Waals surface area contributed by atoms with Crippen LogP contribution in [-0.4, -0.2) is 11.1 Å². The normalized spacial score (nSPS) is 20.5. The van der Waals surface area contributed by atoms with Crippen LogP contribution in [0.15, 0.2) is 59.5 Å². The number of halogens is 1. The number of ether oxygens (including phenoxy) is 1. The summed E-state index contributed by atoms with van der Waals surface area (Å²) in [6.45, 7) is 0. The van der Waals surface area contributed by atoms with E-state index >= 15 is 0 Å². The van der Waals surface area contributed by atoms with E-state index in [1.54, 1.807) is 12.3 Å². The Morgan fingerprint density at radius 2 is 1.76 bits per heavy atom. The van der Waals surface area contributed by atoms with Gasteiger partial charge in [0, 0.05) is 11.6 Å². The minimum absolute atomic E-state index is 0.130. The van der Waals surface area contributed by atoms with Crippen molar-refractivity contribution in [2.24, 2.45) is 0 Å². The Hall–Kier alpha value is -2.26. The summed E-state index contributed by atoms with van der Waals surface area (Å²) in [4.78, 5) is 14.5. The van der Waals surface area contributed by atoms with Gasteiger partial charge in [0.2, 0.25) is 0 Å². The Morgan fingerprint density at radius 1 is 1.00 bits per heavy atom. The number of H-pyrrole nitrogens is 1. The van der Waals surface area contributed by atoms with Gasteiger partial charge in [-0.25, -0.2) is 0 Å². The van der Waals surface area contributed by atoms with Crippen molar-refractivity contribution in [2.75, 3.05) is 0 Å². The maximum atomic E-state index is 11.8. The lowest BCUT2D eigenvalue weighted by molar-refractivity contribution is 0.147. The molecule has 0 unspecified atom stereocenters. The number of hydrogen-bond donors (Lipinski definition) is 1. The Bertz CT molecular complexity index is 928.